The molecule has 1 atom stereocenters. The zero-order valence-electron chi connectivity index (χ0n) is 15.4. The van der Waals surface area contributed by atoms with Crippen molar-refractivity contribution >= 4 is 23.3 Å². The number of aromatic carboxylic acids is 1. The van der Waals surface area contributed by atoms with Crippen molar-refractivity contribution in [1.82, 2.24) is 0 Å². The van der Waals surface area contributed by atoms with Crippen molar-refractivity contribution in [3.05, 3.63) is 59.4 Å². The topological polar surface area (TPSA) is 88.1 Å². The average Bonchev–Trinajstić information content (AvgIpc) is 2.69. The Morgan fingerprint density at radius 1 is 1.21 bits per heavy atom. The van der Waals surface area contributed by atoms with Crippen LogP contribution in [0.1, 0.15) is 20.7 Å². The molecule has 0 unspecified atom stereocenters. The van der Waals surface area contributed by atoms with Crippen molar-refractivity contribution in [2.24, 2.45) is 0 Å². The Balaban J connectivity index is 1.78. The number of nitrogens with one attached hydrogen (secondary N) is 1. The highest BCUT2D eigenvalue weighted by Gasteiger charge is 2.21. The standard InChI is InChI=1S/C20H21FN2O5/c1-23(11-14-12-27-8-9-28-14)18-7-6-13(10-16(18)20(25)26)22-19(24)15-4-2-3-5-17(15)21/h2-7,10,14H,8-9,11-12H2,1H3,(H,22,24)(H,25,26)/t14-/m0/s1. The molecular formula is C20H21FN2O5. The predicted octanol–water partition coefficient (Wildman–Crippen LogP) is 2.63. The highest BCUT2D eigenvalue weighted by Crippen LogP contribution is 2.25. The third-order valence-electron chi connectivity index (χ3n) is 4.38. The number of carboxylic acids is 1. The number of carbonyl (C=O) groups excluding carboxylic acids is 1. The molecule has 3 rings (SSSR count). The van der Waals surface area contributed by atoms with Crippen molar-refractivity contribution in [3.8, 4) is 0 Å². The molecule has 148 valence electrons. The van der Waals surface area contributed by atoms with Crippen LogP contribution in [-0.4, -0.2) is 56.5 Å². The Labute approximate surface area is 161 Å². The Morgan fingerprint density at radius 3 is 2.68 bits per heavy atom. The summed E-state index contributed by atoms with van der Waals surface area (Å²) in [5, 5.41) is 12.1. The van der Waals surface area contributed by atoms with Gasteiger partial charge in [-0.25, -0.2) is 9.18 Å². The van der Waals surface area contributed by atoms with E-state index in [0.717, 1.165) is 0 Å². The maximum absolute atomic E-state index is 13.8. The van der Waals surface area contributed by atoms with Crippen LogP contribution in [0.25, 0.3) is 0 Å². The fourth-order valence-corrected chi connectivity index (χ4v) is 3.01. The van der Waals surface area contributed by atoms with Gasteiger partial charge in [-0.3, -0.25) is 4.79 Å². The van der Waals surface area contributed by atoms with Gasteiger partial charge in [0.25, 0.3) is 5.91 Å². The lowest BCUT2D eigenvalue weighted by molar-refractivity contribution is -0.0837. The summed E-state index contributed by atoms with van der Waals surface area (Å²) in [6, 6.07) is 10.1. The first-order chi connectivity index (χ1) is 13.5. The van der Waals surface area contributed by atoms with Crippen LogP contribution in [0, 0.1) is 5.82 Å². The van der Waals surface area contributed by atoms with Gasteiger partial charge in [0.1, 0.15) is 5.82 Å². The molecule has 7 nitrogen and oxygen atoms in total. The minimum Gasteiger partial charge on any atom is -0.478 e. The van der Waals surface area contributed by atoms with Crippen LogP contribution >= 0.6 is 0 Å². The first kappa shape index (κ1) is 19.8. The summed E-state index contributed by atoms with van der Waals surface area (Å²) >= 11 is 0. The molecule has 0 aromatic heterocycles. The van der Waals surface area contributed by atoms with Gasteiger partial charge in [-0.2, -0.15) is 0 Å². The quantitative estimate of drug-likeness (QED) is 0.791. The minimum atomic E-state index is -1.13. The molecule has 2 N–H and O–H groups in total. The van der Waals surface area contributed by atoms with E-state index in [1.54, 1.807) is 30.1 Å². The normalized spacial score (nSPS) is 16.4. The highest BCUT2D eigenvalue weighted by molar-refractivity contribution is 6.05. The number of nitrogens with zero attached hydrogens (tertiary/aromatic N) is 1. The second-order valence-electron chi connectivity index (χ2n) is 6.42. The Hall–Kier alpha value is -2.97. The Bertz CT molecular complexity index is 867. The van der Waals surface area contributed by atoms with Crippen molar-refractivity contribution in [3.63, 3.8) is 0 Å². The van der Waals surface area contributed by atoms with Crippen LogP contribution in [0.15, 0.2) is 42.5 Å². The Morgan fingerprint density at radius 2 is 2.00 bits per heavy atom. The van der Waals surface area contributed by atoms with Gasteiger partial charge < -0.3 is 24.8 Å². The van der Waals surface area contributed by atoms with Gasteiger partial charge >= 0.3 is 5.97 Å². The molecule has 1 saturated heterocycles. The van der Waals surface area contributed by atoms with Crippen LogP contribution in [-0.2, 0) is 9.47 Å². The van der Waals surface area contributed by atoms with E-state index in [1.165, 1.54) is 24.3 Å². The van der Waals surface area contributed by atoms with E-state index < -0.39 is 17.7 Å². The summed E-state index contributed by atoms with van der Waals surface area (Å²) in [4.78, 5) is 25.8. The van der Waals surface area contributed by atoms with Gasteiger partial charge in [0.2, 0.25) is 0 Å². The fourth-order valence-electron chi connectivity index (χ4n) is 3.01. The molecule has 2 aromatic carbocycles. The van der Waals surface area contributed by atoms with Gasteiger partial charge in [0.15, 0.2) is 0 Å². The molecular weight excluding hydrogens is 367 g/mol. The number of likely N-dealkylation sites (N-methyl/N-ethyl adjacent to an activating group) is 1. The number of rotatable bonds is 6. The van der Waals surface area contributed by atoms with Crippen molar-refractivity contribution in [2.45, 2.75) is 6.10 Å². The smallest absolute Gasteiger partial charge is 0.337 e. The summed E-state index contributed by atoms with van der Waals surface area (Å²) in [5.74, 6) is -2.43. The maximum atomic E-state index is 13.8. The summed E-state index contributed by atoms with van der Waals surface area (Å²) in [6.07, 6.45) is -0.152. The van der Waals surface area contributed by atoms with E-state index in [4.69, 9.17) is 9.47 Å². The minimum absolute atomic E-state index is 0.0190. The lowest BCUT2D eigenvalue weighted by Crippen LogP contribution is -2.38. The molecule has 1 aliphatic heterocycles. The molecule has 1 aliphatic rings. The second-order valence-corrected chi connectivity index (χ2v) is 6.42. The summed E-state index contributed by atoms with van der Waals surface area (Å²) in [6.45, 7) is 1.97. The van der Waals surface area contributed by atoms with Gasteiger partial charge in [-0.05, 0) is 30.3 Å². The lowest BCUT2D eigenvalue weighted by Gasteiger charge is -2.29. The first-order valence-corrected chi connectivity index (χ1v) is 8.79. The van der Waals surface area contributed by atoms with Gasteiger partial charge in [-0.1, -0.05) is 12.1 Å². The SMILES string of the molecule is CN(C[C@H]1COCCO1)c1ccc(NC(=O)c2ccccc2F)cc1C(=O)O. The molecule has 1 amide bonds. The van der Waals surface area contributed by atoms with Crippen LogP contribution in [0.3, 0.4) is 0 Å². The largest absolute Gasteiger partial charge is 0.478 e. The van der Waals surface area contributed by atoms with E-state index in [0.29, 0.717) is 32.1 Å². The van der Waals surface area contributed by atoms with Crippen LogP contribution < -0.4 is 10.2 Å². The van der Waals surface area contributed by atoms with Gasteiger partial charge in [-0.15, -0.1) is 0 Å². The third-order valence-corrected chi connectivity index (χ3v) is 4.38. The average molecular weight is 388 g/mol. The first-order valence-electron chi connectivity index (χ1n) is 8.79. The zero-order valence-corrected chi connectivity index (χ0v) is 15.4. The maximum Gasteiger partial charge on any atom is 0.337 e. The van der Waals surface area contributed by atoms with Crippen LogP contribution in [0.5, 0.6) is 0 Å². The number of hydrogen-bond acceptors (Lipinski definition) is 5. The second kappa shape index (κ2) is 8.81. The number of benzene rings is 2. The number of carboxylic acid groups (broad SMARTS) is 1. The molecule has 1 heterocycles. The molecule has 1 fully saturated rings. The number of hydrogen-bond donors (Lipinski definition) is 2. The Kier molecular flexibility index (Phi) is 6.23. The molecule has 0 spiro atoms. The zero-order chi connectivity index (χ0) is 20.1. The van der Waals surface area contributed by atoms with E-state index in [9.17, 15) is 19.1 Å². The van der Waals surface area contributed by atoms with Crippen LogP contribution in [0.2, 0.25) is 0 Å². The molecule has 28 heavy (non-hydrogen) atoms. The number of amides is 1. The van der Waals surface area contributed by atoms with Crippen molar-refractivity contribution in [2.75, 3.05) is 43.6 Å². The molecule has 0 radical (unpaired) electrons. The number of halogens is 1. The molecule has 0 bridgehead atoms. The fraction of sp³-hybridized carbons (Fsp3) is 0.300. The van der Waals surface area contributed by atoms with E-state index >= 15 is 0 Å². The summed E-state index contributed by atoms with van der Waals surface area (Å²) in [7, 11) is 1.76. The third kappa shape index (κ3) is 4.65. The molecule has 8 heteroatoms. The lowest BCUT2D eigenvalue weighted by atomic mass is 10.1. The van der Waals surface area contributed by atoms with Crippen molar-refractivity contribution in [1.29, 1.82) is 0 Å². The monoisotopic (exact) mass is 388 g/mol. The number of ether oxygens (including phenoxy) is 2. The predicted molar refractivity (Wildman–Crippen MR) is 102 cm³/mol. The number of carbonyl (C=O) groups is 2. The molecule has 0 saturated carbocycles. The molecule has 0 aliphatic carbocycles. The van der Waals surface area contributed by atoms with Crippen LogP contribution in [0.4, 0.5) is 15.8 Å². The number of anilines is 2. The van der Waals surface area contributed by atoms with E-state index in [-0.39, 0.29) is 22.9 Å². The summed E-state index contributed by atoms with van der Waals surface area (Å²) < 4.78 is 24.7. The van der Waals surface area contributed by atoms with Gasteiger partial charge in [0, 0.05) is 19.3 Å². The highest BCUT2D eigenvalue weighted by atomic mass is 19.1. The van der Waals surface area contributed by atoms with Crippen molar-refractivity contribution < 1.29 is 28.6 Å². The van der Waals surface area contributed by atoms with E-state index in [1.807, 2.05) is 0 Å². The van der Waals surface area contributed by atoms with E-state index in [2.05, 4.69) is 5.32 Å². The van der Waals surface area contributed by atoms with Gasteiger partial charge in [0.05, 0.1) is 42.7 Å². The summed E-state index contributed by atoms with van der Waals surface area (Å²) in [5.41, 5.74) is 0.645. The molecule has 2 aromatic rings.